The molecule has 0 bridgehead atoms. The Labute approximate surface area is 110 Å². The summed E-state index contributed by atoms with van der Waals surface area (Å²) in [6.07, 6.45) is 4.27. The van der Waals surface area contributed by atoms with E-state index in [4.69, 9.17) is 9.47 Å². The molecule has 1 unspecified atom stereocenters. The van der Waals surface area contributed by atoms with Gasteiger partial charge in [-0.15, -0.1) is 0 Å². The van der Waals surface area contributed by atoms with E-state index in [1.807, 2.05) is 0 Å². The largest absolute Gasteiger partial charge is 0.396 e. The average molecular weight is 257 g/mol. The van der Waals surface area contributed by atoms with E-state index in [-0.39, 0.29) is 17.6 Å². The van der Waals surface area contributed by atoms with Gasteiger partial charge in [0, 0.05) is 38.8 Å². The van der Waals surface area contributed by atoms with Gasteiger partial charge in [-0.25, -0.2) is 0 Å². The van der Waals surface area contributed by atoms with E-state index in [2.05, 4.69) is 11.8 Å². The van der Waals surface area contributed by atoms with Crippen LogP contribution in [0.4, 0.5) is 0 Å². The Balaban J connectivity index is 1.94. The van der Waals surface area contributed by atoms with Crippen LogP contribution in [0.3, 0.4) is 0 Å². The number of rotatable bonds is 4. The Kier molecular flexibility index (Phi) is 4.64. The van der Waals surface area contributed by atoms with Crippen molar-refractivity contribution in [1.29, 1.82) is 0 Å². The van der Waals surface area contributed by atoms with Crippen molar-refractivity contribution in [3.8, 4) is 0 Å². The lowest BCUT2D eigenvalue weighted by atomic mass is 9.79. The molecule has 2 heterocycles. The molecule has 0 saturated carbocycles. The average Bonchev–Trinajstić information content (AvgIpc) is 2.40. The third-order valence-corrected chi connectivity index (χ3v) is 4.68. The monoisotopic (exact) mass is 257 g/mol. The minimum atomic E-state index is -0.0138. The number of hydrogen-bond donors (Lipinski definition) is 1. The van der Waals surface area contributed by atoms with Crippen LogP contribution in [0.5, 0.6) is 0 Å². The van der Waals surface area contributed by atoms with Crippen LogP contribution in [0, 0.1) is 5.41 Å². The quantitative estimate of drug-likeness (QED) is 0.824. The molecule has 0 aromatic heterocycles. The minimum Gasteiger partial charge on any atom is -0.396 e. The highest BCUT2D eigenvalue weighted by atomic mass is 16.5. The van der Waals surface area contributed by atoms with Gasteiger partial charge in [0.25, 0.3) is 0 Å². The Hall–Kier alpha value is -0.160. The van der Waals surface area contributed by atoms with E-state index in [1.54, 1.807) is 7.11 Å². The highest BCUT2D eigenvalue weighted by molar-refractivity contribution is 4.90. The standard InChI is InChI=1S/C14H27NO3/c1-13(17-2)4-3-7-15(10-13)11-14(12-16)5-8-18-9-6-14/h16H,3-12H2,1-2H3. The molecule has 18 heavy (non-hydrogen) atoms. The van der Waals surface area contributed by atoms with E-state index in [0.717, 1.165) is 52.1 Å². The zero-order valence-corrected chi connectivity index (χ0v) is 11.8. The van der Waals surface area contributed by atoms with E-state index >= 15 is 0 Å². The molecule has 2 fully saturated rings. The summed E-state index contributed by atoms with van der Waals surface area (Å²) in [6.45, 7) is 7.12. The predicted octanol–water partition coefficient (Wildman–Crippen LogP) is 1.28. The molecule has 0 radical (unpaired) electrons. The van der Waals surface area contributed by atoms with Crippen LogP contribution in [0.25, 0.3) is 0 Å². The van der Waals surface area contributed by atoms with Crippen LogP contribution in [0.1, 0.15) is 32.6 Å². The van der Waals surface area contributed by atoms with Crippen molar-refractivity contribution in [3.05, 3.63) is 0 Å². The first-order valence-corrected chi connectivity index (χ1v) is 7.08. The van der Waals surface area contributed by atoms with Gasteiger partial charge in [-0.1, -0.05) is 0 Å². The smallest absolute Gasteiger partial charge is 0.0777 e. The number of hydrogen-bond acceptors (Lipinski definition) is 4. The molecule has 0 aliphatic carbocycles. The van der Waals surface area contributed by atoms with E-state index in [0.29, 0.717) is 0 Å². The third-order valence-electron chi connectivity index (χ3n) is 4.68. The lowest BCUT2D eigenvalue weighted by Gasteiger charge is -2.45. The van der Waals surface area contributed by atoms with E-state index in [9.17, 15) is 5.11 Å². The molecule has 2 saturated heterocycles. The number of aliphatic hydroxyl groups excluding tert-OH is 1. The van der Waals surface area contributed by atoms with Gasteiger partial charge >= 0.3 is 0 Å². The van der Waals surface area contributed by atoms with Gasteiger partial charge in [0.15, 0.2) is 0 Å². The second-order valence-corrected chi connectivity index (χ2v) is 6.24. The number of aliphatic hydroxyl groups is 1. The Morgan fingerprint density at radius 3 is 2.61 bits per heavy atom. The summed E-state index contributed by atoms with van der Waals surface area (Å²) in [5.41, 5.74) is 0.0320. The molecule has 2 aliphatic heterocycles. The fraction of sp³-hybridized carbons (Fsp3) is 1.00. The molecule has 1 atom stereocenters. The number of methoxy groups -OCH3 is 1. The maximum absolute atomic E-state index is 9.75. The van der Waals surface area contributed by atoms with Crippen LogP contribution < -0.4 is 0 Å². The molecule has 4 nitrogen and oxygen atoms in total. The Morgan fingerprint density at radius 1 is 1.28 bits per heavy atom. The van der Waals surface area contributed by atoms with Crippen molar-refractivity contribution in [3.63, 3.8) is 0 Å². The van der Waals surface area contributed by atoms with Gasteiger partial charge in [0.2, 0.25) is 0 Å². The van der Waals surface area contributed by atoms with Crippen molar-refractivity contribution < 1.29 is 14.6 Å². The van der Waals surface area contributed by atoms with E-state index in [1.165, 1.54) is 6.42 Å². The summed E-state index contributed by atoms with van der Waals surface area (Å²) in [7, 11) is 1.81. The van der Waals surface area contributed by atoms with Gasteiger partial charge in [0.1, 0.15) is 0 Å². The summed E-state index contributed by atoms with van der Waals surface area (Å²) < 4.78 is 11.1. The third kappa shape index (κ3) is 3.23. The highest BCUT2D eigenvalue weighted by Crippen LogP contribution is 2.33. The molecule has 1 N–H and O–H groups in total. The first-order chi connectivity index (χ1) is 8.61. The molecule has 2 rings (SSSR count). The molecule has 0 aromatic rings. The molecule has 0 amide bonds. The zero-order chi connectivity index (χ0) is 13.1. The van der Waals surface area contributed by atoms with Crippen molar-refractivity contribution in [1.82, 2.24) is 4.90 Å². The second-order valence-electron chi connectivity index (χ2n) is 6.24. The molecular formula is C14H27NO3. The summed E-state index contributed by atoms with van der Waals surface area (Å²) in [6, 6.07) is 0. The summed E-state index contributed by atoms with van der Waals surface area (Å²) in [4.78, 5) is 2.47. The lowest BCUT2D eigenvalue weighted by molar-refractivity contribution is -0.0802. The van der Waals surface area contributed by atoms with Crippen LogP contribution in [-0.2, 0) is 9.47 Å². The second kappa shape index (κ2) is 5.87. The summed E-state index contributed by atoms with van der Waals surface area (Å²) in [5.74, 6) is 0. The van der Waals surface area contributed by atoms with Crippen molar-refractivity contribution >= 4 is 0 Å². The molecule has 106 valence electrons. The predicted molar refractivity (Wildman–Crippen MR) is 70.7 cm³/mol. The number of ether oxygens (including phenoxy) is 2. The summed E-state index contributed by atoms with van der Waals surface area (Å²) >= 11 is 0. The van der Waals surface area contributed by atoms with Crippen molar-refractivity contribution in [2.75, 3.05) is 46.6 Å². The van der Waals surface area contributed by atoms with Crippen molar-refractivity contribution in [2.24, 2.45) is 5.41 Å². The zero-order valence-electron chi connectivity index (χ0n) is 11.8. The van der Waals surface area contributed by atoms with Crippen molar-refractivity contribution in [2.45, 2.75) is 38.2 Å². The van der Waals surface area contributed by atoms with Crippen LogP contribution in [-0.4, -0.2) is 62.2 Å². The Morgan fingerprint density at radius 2 is 2.00 bits per heavy atom. The molecule has 2 aliphatic rings. The maximum atomic E-state index is 9.75. The van der Waals surface area contributed by atoms with Gasteiger partial charge in [0.05, 0.1) is 12.2 Å². The van der Waals surface area contributed by atoms with Gasteiger partial charge in [-0.3, -0.25) is 4.90 Å². The molecular weight excluding hydrogens is 230 g/mol. The lowest BCUT2D eigenvalue weighted by Crippen LogP contribution is -2.52. The maximum Gasteiger partial charge on any atom is 0.0777 e. The normalized spacial score (nSPS) is 33.5. The number of piperidine rings is 1. The summed E-state index contributed by atoms with van der Waals surface area (Å²) in [5, 5.41) is 9.75. The molecule has 0 spiro atoms. The van der Waals surface area contributed by atoms with Gasteiger partial charge < -0.3 is 14.6 Å². The number of nitrogens with zero attached hydrogens (tertiary/aromatic N) is 1. The Bertz CT molecular complexity index is 266. The van der Waals surface area contributed by atoms with Crippen LogP contribution in [0.2, 0.25) is 0 Å². The van der Waals surface area contributed by atoms with Gasteiger partial charge in [-0.2, -0.15) is 0 Å². The molecule has 4 heteroatoms. The highest BCUT2D eigenvalue weighted by Gasteiger charge is 2.37. The van der Waals surface area contributed by atoms with Gasteiger partial charge in [-0.05, 0) is 39.2 Å². The number of likely N-dealkylation sites (tertiary alicyclic amines) is 1. The first kappa shape index (κ1) is 14.3. The minimum absolute atomic E-state index is 0.0138. The van der Waals surface area contributed by atoms with E-state index < -0.39 is 0 Å². The molecule has 0 aromatic carbocycles. The van der Waals surface area contributed by atoms with Crippen LogP contribution in [0.15, 0.2) is 0 Å². The van der Waals surface area contributed by atoms with Crippen LogP contribution >= 0.6 is 0 Å². The first-order valence-electron chi connectivity index (χ1n) is 7.08. The fourth-order valence-electron chi connectivity index (χ4n) is 3.25. The SMILES string of the molecule is COC1(C)CCCN(CC2(CO)CCOCC2)C1. The topological polar surface area (TPSA) is 41.9 Å². The fourth-order valence-corrected chi connectivity index (χ4v) is 3.25.